The van der Waals surface area contributed by atoms with E-state index in [0.29, 0.717) is 12.1 Å². The van der Waals surface area contributed by atoms with Crippen molar-refractivity contribution < 1.29 is 4.79 Å². The van der Waals surface area contributed by atoms with Crippen molar-refractivity contribution in [2.45, 2.75) is 24.5 Å². The number of nitrogens with one attached hydrogen (secondary N) is 1. The van der Waals surface area contributed by atoms with Gasteiger partial charge in [0, 0.05) is 51.0 Å². The van der Waals surface area contributed by atoms with Gasteiger partial charge in [-0.05, 0) is 43.2 Å². The predicted molar refractivity (Wildman–Crippen MR) is 123 cm³/mol. The minimum Gasteiger partial charge on any atom is -0.366 e. The summed E-state index contributed by atoms with van der Waals surface area (Å²) in [7, 11) is 0. The lowest BCUT2D eigenvalue weighted by Gasteiger charge is -2.51. The molecule has 32 heavy (non-hydrogen) atoms. The quantitative estimate of drug-likeness (QED) is 0.638. The summed E-state index contributed by atoms with van der Waals surface area (Å²) in [6.45, 7) is 4.72. The highest BCUT2D eigenvalue weighted by molar-refractivity contribution is 5.92. The van der Waals surface area contributed by atoms with Crippen molar-refractivity contribution in [3.05, 3.63) is 78.5 Å². The molecule has 2 fully saturated rings. The monoisotopic (exact) mass is 431 g/mol. The average Bonchev–Trinajstić information content (AvgIpc) is 3.37. The number of pyridine rings is 2. The molecular weight excluding hydrogens is 402 g/mol. The first-order chi connectivity index (χ1) is 15.7. The third-order valence-electron chi connectivity index (χ3n) is 6.74. The van der Waals surface area contributed by atoms with Crippen LogP contribution in [0, 0.1) is 0 Å². The van der Waals surface area contributed by atoms with Crippen LogP contribution in [0.2, 0.25) is 0 Å². The van der Waals surface area contributed by atoms with Crippen molar-refractivity contribution in [2.24, 2.45) is 5.73 Å². The van der Waals surface area contributed by atoms with Gasteiger partial charge >= 0.3 is 0 Å². The zero-order chi connectivity index (χ0) is 22.0. The van der Waals surface area contributed by atoms with Gasteiger partial charge in [0.25, 0.3) is 0 Å². The highest BCUT2D eigenvalue weighted by Gasteiger charge is 2.45. The maximum atomic E-state index is 11.8. The van der Waals surface area contributed by atoms with Crippen LogP contribution in [0.15, 0.2) is 67.3 Å². The van der Waals surface area contributed by atoms with E-state index in [0.717, 1.165) is 50.5 Å². The predicted octanol–water partition coefficient (Wildman–Crippen LogP) is 1.65. The normalized spacial score (nSPS) is 24.4. The Morgan fingerprint density at radius 1 is 1.06 bits per heavy atom. The zero-order valence-electron chi connectivity index (χ0n) is 18.1. The number of hydrogen-bond donors (Lipinski definition) is 2. The molecule has 0 radical (unpaired) electrons. The molecule has 0 bridgehead atoms. The number of carbonyl (C=O) groups is 1. The van der Waals surface area contributed by atoms with Crippen molar-refractivity contribution in [1.29, 1.82) is 0 Å². The summed E-state index contributed by atoms with van der Waals surface area (Å²) in [4.78, 5) is 26.3. The Kier molecular flexibility index (Phi) is 5.63. The van der Waals surface area contributed by atoms with Gasteiger partial charge in [0.2, 0.25) is 5.91 Å². The molecular formula is C24H29N7O. The molecule has 8 nitrogen and oxygen atoms in total. The van der Waals surface area contributed by atoms with E-state index in [2.05, 4.69) is 31.8 Å². The first-order valence-electron chi connectivity index (χ1n) is 11.2. The Labute approximate surface area is 188 Å². The lowest BCUT2D eigenvalue weighted by molar-refractivity contribution is 0.0998. The van der Waals surface area contributed by atoms with Crippen molar-refractivity contribution >= 4 is 11.7 Å². The summed E-state index contributed by atoms with van der Waals surface area (Å²) in [6.07, 6.45) is 9.61. The first kappa shape index (κ1) is 20.7. The fourth-order valence-electron chi connectivity index (χ4n) is 5.11. The fourth-order valence-corrected chi connectivity index (χ4v) is 5.11. The van der Waals surface area contributed by atoms with Gasteiger partial charge in [0.15, 0.2) is 0 Å². The topological polar surface area (TPSA) is 92.3 Å². The maximum absolute atomic E-state index is 11.8. The Morgan fingerprint density at radius 3 is 2.50 bits per heavy atom. The van der Waals surface area contributed by atoms with Crippen molar-refractivity contribution in [3.63, 3.8) is 0 Å². The summed E-state index contributed by atoms with van der Waals surface area (Å²) in [5.41, 5.74) is 6.63. The Bertz CT molecular complexity index is 1050. The van der Waals surface area contributed by atoms with E-state index < -0.39 is 11.4 Å². The number of piperazine rings is 1. The largest absolute Gasteiger partial charge is 0.366 e. The zero-order valence-corrected chi connectivity index (χ0v) is 18.1. The summed E-state index contributed by atoms with van der Waals surface area (Å²) < 4.78 is 2.12. The molecule has 2 unspecified atom stereocenters. The SMILES string of the molecule is NC(=O)c1ccn(C2(c3ccccn3)CCC(N3CCNCC3)N(c3ccccn3)C2)c1. The minimum absolute atomic E-state index is 0.259. The Balaban J connectivity index is 1.59. The van der Waals surface area contributed by atoms with E-state index in [-0.39, 0.29) is 6.17 Å². The van der Waals surface area contributed by atoms with E-state index in [4.69, 9.17) is 15.7 Å². The highest BCUT2D eigenvalue weighted by atomic mass is 16.1. The van der Waals surface area contributed by atoms with Crippen LogP contribution in [0.3, 0.4) is 0 Å². The molecule has 0 saturated carbocycles. The molecule has 2 atom stereocenters. The molecule has 8 heteroatoms. The third kappa shape index (κ3) is 3.76. The Morgan fingerprint density at radius 2 is 1.84 bits per heavy atom. The molecule has 2 aliphatic rings. The van der Waals surface area contributed by atoms with Crippen LogP contribution in [-0.2, 0) is 5.54 Å². The van der Waals surface area contributed by atoms with E-state index in [1.54, 1.807) is 6.07 Å². The summed E-state index contributed by atoms with van der Waals surface area (Å²) >= 11 is 0. The van der Waals surface area contributed by atoms with Gasteiger partial charge in [-0.15, -0.1) is 0 Å². The van der Waals surface area contributed by atoms with E-state index in [1.807, 2.05) is 49.1 Å². The molecule has 1 amide bonds. The van der Waals surface area contributed by atoms with Crippen molar-refractivity contribution in [1.82, 2.24) is 24.8 Å². The van der Waals surface area contributed by atoms with Crippen LogP contribution in [0.1, 0.15) is 28.9 Å². The molecule has 166 valence electrons. The van der Waals surface area contributed by atoms with Gasteiger partial charge in [-0.3, -0.25) is 14.7 Å². The van der Waals surface area contributed by atoms with Crippen LogP contribution < -0.4 is 16.0 Å². The molecule has 2 saturated heterocycles. The molecule has 0 spiro atoms. The van der Waals surface area contributed by atoms with E-state index >= 15 is 0 Å². The number of anilines is 1. The third-order valence-corrected chi connectivity index (χ3v) is 6.74. The molecule has 0 aromatic carbocycles. The number of aromatic nitrogens is 3. The number of primary amides is 1. The second-order valence-electron chi connectivity index (χ2n) is 8.54. The molecule has 3 N–H and O–H groups in total. The fraction of sp³-hybridized carbons (Fsp3) is 0.375. The number of rotatable bonds is 5. The Hall–Kier alpha value is -3.23. The number of nitrogens with two attached hydrogens (primary N) is 1. The molecule has 3 aromatic rings. The van der Waals surface area contributed by atoms with Crippen molar-refractivity contribution in [3.8, 4) is 0 Å². The van der Waals surface area contributed by atoms with Crippen LogP contribution in [0.4, 0.5) is 5.82 Å². The van der Waals surface area contributed by atoms with Crippen LogP contribution in [-0.4, -0.2) is 64.2 Å². The lowest BCUT2D eigenvalue weighted by Crippen LogP contribution is -2.62. The second kappa shape index (κ2) is 8.72. The van der Waals surface area contributed by atoms with Gasteiger partial charge < -0.3 is 20.5 Å². The minimum atomic E-state index is -0.434. The molecule has 0 aliphatic carbocycles. The summed E-state index contributed by atoms with van der Waals surface area (Å²) in [5.74, 6) is 0.536. The number of carbonyl (C=O) groups excluding carboxylic acids is 1. The number of hydrogen-bond acceptors (Lipinski definition) is 6. The summed E-state index contributed by atoms with van der Waals surface area (Å²) in [5, 5.41) is 3.46. The number of piperidine rings is 1. The van der Waals surface area contributed by atoms with Gasteiger partial charge in [-0.1, -0.05) is 12.1 Å². The van der Waals surface area contributed by atoms with Crippen LogP contribution >= 0.6 is 0 Å². The van der Waals surface area contributed by atoms with Gasteiger partial charge in [0.1, 0.15) is 11.4 Å². The molecule has 5 rings (SSSR count). The van der Waals surface area contributed by atoms with Gasteiger partial charge in [-0.25, -0.2) is 4.98 Å². The molecule has 5 heterocycles. The summed E-state index contributed by atoms with van der Waals surface area (Å²) in [6, 6.07) is 13.9. The second-order valence-corrected chi connectivity index (χ2v) is 8.54. The maximum Gasteiger partial charge on any atom is 0.250 e. The lowest BCUT2D eigenvalue weighted by atomic mass is 9.83. The highest BCUT2D eigenvalue weighted by Crippen LogP contribution is 2.40. The van der Waals surface area contributed by atoms with Crippen molar-refractivity contribution in [2.75, 3.05) is 37.6 Å². The van der Waals surface area contributed by atoms with Gasteiger partial charge in [-0.2, -0.15) is 0 Å². The number of amides is 1. The standard InChI is InChI=1S/C24H29N7O/c25-23(32)19-8-14-30(17-19)24(20-5-1-3-10-27-20)9-7-22(29-15-12-26-13-16-29)31(18-24)21-6-2-4-11-28-21/h1-6,8,10-11,14,17,22,26H,7,9,12-13,15-16,18H2,(H2,25,32). The van der Waals surface area contributed by atoms with E-state index in [9.17, 15) is 4.79 Å². The average molecular weight is 432 g/mol. The first-order valence-corrected chi connectivity index (χ1v) is 11.2. The van der Waals surface area contributed by atoms with Crippen LogP contribution in [0.25, 0.3) is 0 Å². The van der Waals surface area contributed by atoms with Crippen LogP contribution in [0.5, 0.6) is 0 Å². The smallest absolute Gasteiger partial charge is 0.250 e. The number of nitrogens with zero attached hydrogens (tertiary/aromatic N) is 5. The molecule has 3 aromatic heterocycles. The van der Waals surface area contributed by atoms with Gasteiger partial charge in [0.05, 0.1) is 24.0 Å². The molecule has 2 aliphatic heterocycles. The van der Waals surface area contributed by atoms with E-state index in [1.165, 1.54) is 0 Å².